The molecule has 0 radical (unpaired) electrons. The molecule has 0 unspecified atom stereocenters. The van der Waals surface area contributed by atoms with E-state index in [-0.39, 0.29) is 17.9 Å². The lowest BCUT2D eigenvalue weighted by atomic mass is 9.87. The largest absolute Gasteiger partial charge is 0.484 e. The van der Waals surface area contributed by atoms with Crippen molar-refractivity contribution in [2.24, 2.45) is 0 Å². The Bertz CT molecular complexity index is 699. The lowest BCUT2D eigenvalue weighted by Gasteiger charge is -2.19. The summed E-state index contributed by atoms with van der Waals surface area (Å²) in [6.07, 6.45) is 0. The van der Waals surface area contributed by atoms with Crippen molar-refractivity contribution in [2.45, 2.75) is 40.0 Å². The number of benzene rings is 2. The van der Waals surface area contributed by atoms with E-state index < -0.39 is 0 Å². The van der Waals surface area contributed by atoms with Gasteiger partial charge in [-0.2, -0.15) is 0 Å². The van der Waals surface area contributed by atoms with Gasteiger partial charge >= 0.3 is 0 Å². The molecule has 0 fully saturated rings. The third kappa shape index (κ3) is 4.85. The zero-order valence-electron chi connectivity index (χ0n) is 14.6. The van der Waals surface area contributed by atoms with Gasteiger partial charge in [0.2, 0.25) is 0 Å². The van der Waals surface area contributed by atoms with Gasteiger partial charge in [-0.25, -0.2) is 0 Å². The Balaban J connectivity index is 1.98. The highest BCUT2D eigenvalue weighted by Gasteiger charge is 2.14. The summed E-state index contributed by atoms with van der Waals surface area (Å²) in [5.41, 5.74) is 4.23. The number of nitrogens with one attached hydrogen (secondary N) is 1. The van der Waals surface area contributed by atoms with Crippen molar-refractivity contribution in [1.82, 2.24) is 0 Å². The summed E-state index contributed by atoms with van der Waals surface area (Å²) in [6, 6.07) is 13.9. The van der Waals surface area contributed by atoms with Crippen LogP contribution in [-0.2, 0) is 10.2 Å². The SMILES string of the molecule is Cc1ccc(C)c(NC(=O)COc2cccc(C(C)(C)C)c2)c1. The predicted octanol–water partition coefficient (Wildman–Crippen LogP) is 4.62. The molecule has 0 bridgehead atoms. The van der Waals surface area contributed by atoms with Crippen molar-refractivity contribution in [2.75, 3.05) is 11.9 Å². The Morgan fingerprint density at radius 2 is 1.83 bits per heavy atom. The topological polar surface area (TPSA) is 38.3 Å². The minimum Gasteiger partial charge on any atom is -0.484 e. The molecule has 0 spiro atoms. The summed E-state index contributed by atoms with van der Waals surface area (Å²) in [4.78, 5) is 12.1. The van der Waals surface area contributed by atoms with E-state index in [4.69, 9.17) is 4.74 Å². The molecule has 0 saturated heterocycles. The van der Waals surface area contributed by atoms with Crippen molar-refractivity contribution in [3.8, 4) is 5.75 Å². The lowest BCUT2D eigenvalue weighted by molar-refractivity contribution is -0.118. The summed E-state index contributed by atoms with van der Waals surface area (Å²) < 4.78 is 5.63. The summed E-state index contributed by atoms with van der Waals surface area (Å²) in [5.74, 6) is 0.563. The van der Waals surface area contributed by atoms with Gasteiger partial charge in [-0.15, -0.1) is 0 Å². The quantitative estimate of drug-likeness (QED) is 0.895. The fourth-order valence-electron chi connectivity index (χ4n) is 2.26. The van der Waals surface area contributed by atoms with Crippen LogP contribution in [0.5, 0.6) is 5.75 Å². The van der Waals surface area contributed by atoms with Crippen molar-refractivity contribution in [1.29, 1.82) is 0 Å². The molecule has 23 heavy (non-hydrogen) atoms. The van der Waals surface area contributed by atoms with Gasteiger partial charge in [0, 0.05) is 5.69 Å². The Hall–Kier alpha value is -2.29. The number of hydrogen-bond donors (Lipinski definition) is 1. The van der Waals surface area contributed by atoms with Gasteiger partial charge in [0.05, 0.1) is 0 Å². The molecule has 2 aromatic rings. The van der Waals surface area contributed by atoms with E-state index in [0.29, 0.717) is 5.75 Å². The Morgan fingerprint density at radius 3 is 2.52 bits per heavy atom. The maximum atomic E-state index is 12.1. The van der Waals surface area contributed by atoms with Gasteiger partial charge in [0.25, 0.3) is 5.91 Å². The van der Waals surface area contributed by atoms with Crippen molar-refractivity contribution in [3.63, 3.8) is 0 Å². The van der Waals surface area contributed by atoms with E-state index in [0.717, 1.165) is 16.8 Å². The third-order valence-electron chi connectivity index (χ3n) is 3.74. The van der Waals surface area contributed by atoms with E-state index in [1.54, 1.807) is 0 Å². The molecule has 122 valence electrons. The van der Waals surface area contributed by atoms with Crippen LogP contribution in [-0.4, -0.2) is 12.5 Å². The number of anilines is 1. The molecule has 0 aliphatic carbocycles. The van der Waals surface area contributed by atoms with Crippen LogP contribution in [0.2, 0.25) is 0 Å². The van der Waals surface area contributed by atoms with E-state index in [1.807, 2.05) is 50.2 Å². The molecule has 1 N–H and O–H groups in total. The number of amides is 1. The van der Waals surface area contributed by atoms with Gasteiger partial charge in [-0.3, -0.25) is 4.79 Å². The van der Waals surface area contributed by atoms with Gasteiger partial charge in [0.15, 0.2) is 6.61 Å². The van der Waals surface area contributed by atoms with Gasteiger partial charge < -0.3 is 10.1 Å². The van der Waals surface area contributed by atoms with Crippen molar-refractivity contribution >= 4 is 11.6 Å². The lowest BCUT2D eigenvalue weighted by Crippen LogP contribution is -2.21. The van der Waals surface area contributed by atoms with E-state index in [2.05, 4.69) is 32.2 Å². The number of rotatable bonds is 4. The number of ether oxygens (including phenoxy) is 1. The number of carbonyl (C=O) groups excluding carboxylic acids is 1. The van der Waals surface area contributed by atoms with Gasteiger partial charge in [-0.1, -0.05) is 45.0 Å². The van der Waals surface area contributed by atoms with Crippen LogP contribution in [0.1, 0.15) is 37.5 Å². The van der Waals surface area contributed by atoms with E-state index >= 15 is 0 Å². The molecule has 0 atom stereocenters. The second-order valence-electron chi connectivity index (χ2n) is 6.93. The normalized spacial score (nSPS) is 11.2. The second-order valence-corrected chi connectivity index (χ2v) is 6.93. The van der Waals surface area contributed by atoms with Crippen molar-refractivity contribution < 1.29 is 9.53 Å². The molecular weight excluding hydrogens is 286 g/mol. The first kappa shape index (κ1) is 17.1. The smallest absolute Gasteiger partial charge is 0.262 e. The van der Waals surface area contributed by atoms with Crippen LogP contribution in [0.3, 0.4) is 0 Å². The standard InChI is InChI=1S/C20H25NO2/c1-14-9-10-15(2)18(11-14)21-19(22)13-23-17-8-6-7-16(12-17)20(3,4)5/h6-12H,13H2,1-5H3,(H,21,22). The highest BCUT2D eigenvalue weighted by molar-refractivity contribution is 5.92. The van der Waals surface area contributed by atoms with Crippen LogP contribution in [0.25, 0.3) is 0 Å². The average molecular weight is 311 g/mol. The summed E-state index contributed by atoms with van der Waals surface area (Å²) in [6.45, 7) is 10.4. The van der Waals surface area contributed by atoms with Crippen molar-refractivity contribution in [3.05, 3.63) is 59.2 Å². The first-order valence-corrected chi connectivity index (χ1v) is 7.86. The average Bonchev–Trinajstić information content (AvgIpc) is 2.48. The molecule has 0 saturated carbocycles. The van der Waals surface area contributed by atoms with Crippen LogP contribution in [0.15, 0.2) is 42.5 Å². The minimum atomic E-state index is -0.153. The van der Waals surface area contributed by atoms with Crippen LogP contribution < -0.4 is 10.1 Å². The van der Waals surface area contributed by atoms with Crippen LogP contribution >= 0.6 is 0 Å². The molecule has 0 aromatic heterocycles. The van der Waals surface area contributed by atoms with E-state index in [1.165, 1.54) is 5.56 Å². The Kier molecular flexibility index (Phi) is 5.09. The number of carbonyl (C=O) groups is 1. The first-order chi connectivity index (χ1) is 10.8. The Morgan fingerprint density at radius 1 is 1.09 bits per heavy atom. The maximum absolute atomic E-state index is 12.1. The number of hydrogen-bond acceptors (Lipinski definition) is 2. The summed E-state index contributed by atoms with van der Waals surface area (Å²) in [7, 11) is 0. The highest BCUT2D eigenvalue weighted by atomic mass is 16.5. The Labute approximate surface area is 138 Å². The highest BCUT2D eigenvalue weighted by Crippen LogP contribution is 2.25. The molecule has 2 rings (SSSR count). The van der Waals surface area contributed by atoms with E-state index in [9.17, 15) is 4.79 Å². The molecule has 0 heterocycles. The number of aryl methyl sites for hydroxylation is 2. The molecule has 3 heteroatoms. The minimum absolute atomic E-state index is 0.000970. The fourth-order valence-corrected chi connectivity index (χ4v) is 2.26. The first-order valence-electron chi connectivity index (χ1n) is 7.86. The molecule has 0 aliphatic rings. The third-order valence-corrected chi connectivity index (χ3v) is 3.74. The molecule has 0 aliphatic heterocycles. The summed E-state index contributed by atoms with van der Waals surface area (Å²) >= 11 is 0. The second kappa shape index (κ2) is 6.86. The molecule has 1 amide bonds. The maximum Gasteiger partial charge on any atom is 0.262 e. The molecule has 2 aromatic carbocycles. The molecule has 3 nitrogen and oxygen atoms in total. The van der Waals surface area contributed by atoms with Gasteiger partial charge in [-0.05, 0) is 54.2 Å². The fraction of sp³-hybridized carbons (Fsp3) is 0.350. The summed E-state index contributed by atoms with van der Waals surface area (Å²) in [5, 5.41) is 2.90. The van der Waals surface area contributed by atoms with Gasteiger partial charge in [0.1, 0.15) is 5.75 Å². The van der Waals surface area contributed by atoms with Crippen LogP contribution in [0.4, 0.5) is 5.69 Å². The molecular formula is C20H25NO2. The monoisotopic (exact) mass is 311 g/mol. The zero-order valence-corrected chi connectivity index (χ0v) is 14.6. The van der Waals surface area contributed by atoms with Crippen LogP contribution in [0, 0.1) is 13.8 Å². The zero-order chi connectivity index (χ0) is 17.0. The predicted molar refractivity (Wildman–Crippen MR) is 95.2 cm³/mol.